The van der Waals surface area contributed by atoms with E-state index in [2.05, 4.69) is 23.1 Å². The lowest BCUT2D eigenvalue weighted by atomic mass is 9.83. The van der Waals surface area contributed by atoms with Crippen molar-refractivity contribution in [3.63, 3.8) is 0 Å². The van der Waals surface area contributed by atoms with Crippen LogP contribution in [-0.4, -0.2) is 32.5 Å². The van der Waals surface area contributed by atoms with Gasteiger partial charge in [-0.05, 0) is 47.7 Å². The molecule has 0 spiro atoms. The lowest BCUT2D eigenvalue weighted by Crippen LogP contribution is -2.39. The van der Waals surface area contributed by atoms with Gasteiger partial charge in [0.1, 0.15) is 0 Å². The van der Waals surface area contributed by atoms with Gasteiger partial charge in [-0.3, -0.25) is 4.90 Å². The molecule has 5 rings (SSSR count). The average molecular weight is 339 g/mol. The summed E-state index contributed by atoms with van der Waals surface area (Å²) in [6.45, 7) is 2.25. The molecule has 0 amide bonds. The van der Waals surface area contributed by atoms with E-state index in [4.69, 9.17) is 18.9 Å². The van der Waals surface area contributed by atoms with E-state index in [1.165, 1.54) is 22.3 Å². The van der Waals surface area contributed by atoms with Crippen molar-refractivity contribution in [2.75, 3.05) is 27.6 Å². The van der Waals surface area contributed by atoms with E-state index in [9.17, 15) is 0 Å². The van der Waals surface area contributed by atoms with Crippen molar-refractivity contribution in [3.05, 3.63) is 46.5 Å². The molecule has 130 valence electrons. The van der Waals surface area contributed by atoms with Crippen LogP contribution in [0.15, 0.2) is 24.3 Å². The van der Waals surface area contributed by atoms with Gasteiger partial charge in [-0.1, -0.05) is 6.07 Å². The van der Waals surface area contributed by atoms with Gasteiger partial charge in [0.15, 0.2) is 23.0 Å². The second kappa shape index (κ2) is 5.56. The molecule has 0 radical (unpaired) electrons. The zero-order valence-corrected chi connectivity index (χ0v) is 14.5. The van der Waals surface area contributed by atoms with E-state index in [-0.39, 0.29) is 0 Å². The molecule has 2 aromatic carbocycles. The normalized spacial score (nSPS) is 20.5. The van der Waals surface area contributed by atoms with Gasteiger partial charge in [0.05, 0.1) is 14.2 Å². The summed E-state index contributed by atoms with van der Waals surface area (Å²) in [5.74, 6) is 3.43. The molecule has 3 heterocycles. The Morgan fingerprint density at radius 1 is 1.04 bits per heavy atom. The highest BCUT2D eigenvalue weighted by molar-refractivity contribution is 5.55. The Balaban J connectivity index is 1.57. The molecule has 2 aromatic rings. The van der Waals surface area contributed by atoms with Crippen LogP contribution in [0, 0.1) is 0 Å². The van der Waals surface area contributed by atoms with Crippen LogP contribution in [0.25, 0.3) is 0 Å². The fourth-order valence-corrected chi connectivity index (χ4v) is 4.38. The quantitative estimate of drug-likeness (QED) is 0.841. The summed E-state index contributed by atoms with van der Waals surface area (Å²) in [7, 11) is 3.41. The van der Waals surface area contributed by atoms with Gasteiger partial charge >= 0.3 is 0 Å². The number of nitrogens with zero attached hydrogens (tertiary/aromatic N) is 1. The van der Waals surface area contributed by atoms with Crippen LogP contribution in [0.1, 0.15) is 28.3 Å². The van der Waals surface area contributed by atoms with Gasteiger partial charge in [-0.15, -0.1) is 0 Å². The molecule has 0 saturated carbocycles. The zero-order chi connectivity index (χ0) is 17.0. The highest BCUT2D eigenvalue weighted by atomic mass is 16.7. The van der Waals surface area contributed by atoms with E-state index in [1.807, 2.05) is 6.07 Å². The summed E-state index contributed by atoms with van der Waals surface area (Å²) >= 11 is 0. The highest BCUT2D eigenvalue weighted by Gasteiger charge is 2.35. The SMILES string of the molecule is COc1ccc2c(c1OC)CN1CCc3cc4c(cc3[C@H]1C2)OCO4. The monoisotopic (exact) mass is 339 g/mol. The number of ether oxygens (including phenoxy) is 4. The van der Waals surface area contributed by atoms with Crippen LogP contribution in [0.2, 0.25) is 0 Å². The molecule has 3 aliphatic heterocycles. The fourth-order valence-electron chi connectivity index (χ4n) is 4.38. The van der Waals surface area contributed by atoms with Crippen LogP contribution in [0.3, 0.4) is 0 Å². The Morgan fingerprint density at radius 2 is 1.88 bits per heavy atom. The molecule has 0 saturated heterocycles. The summed E-state index contributed by atoms with van der Waals surface area (Å²) < 4.78 is 22.3. The van der Waals surface area contributed by atoms with Crippen molar-refractivity contribution >= 4 is 0 Å². The number of hydrogen-bond acceptors (Lipinski definition) is 5. The number of hydrogen-bond donors (Lipinski definition) is 0. The third-order valence-electron chi connectivity index (χ3n) is 5.62. The van der Waals surface area contributed by atoms with Crippen molar-refractivity contribution in [2.24, 2.45) is 0 Å². The van der Waals surface area contributed by atoms with Crippen molar-refractivity contribution in [1.29, 1.82) is 0 Å². The fraction of sp³-hybridized carbons (Fsp3) is 0.400. The van der Waals surface area contributed by atoms with E-state index in [0.29, 0.717) is 12.8 Å². The topological polar surface area (TPSA) is 40.2 Å². The number of fused-ring (bicyclic) bond motifs is 5. The maximum atomic E-state index is 5.66. The third-order valence-corrected chi connectivity index (χ3v) is 5.62. The first-order valence-corrected chi connectivity index (χ1v) is 8.67. The summed E-state index contributed by atoms with van der Waals surface area (Å²) in [5, 5.41) is 0. The molecule has 0 N–H and O–H groups in total. The smallest absolute Gasteiger partial charge is 0.231 e. The van der Waals surface area contributed by atoms with E-state index >= 15 is 0 Å². The molecule has 1 atom stereocenters. The Kier molecular flexibility index (Phi) is 3.31. The molecule has 0 aliphatic carbocycles. The second-order valence-corrected chi connectivity index (χ2v) is 6.78. The molecule has 0 fully saturated rings. The average Bonchev–Trinajstić information content (AvgIpc) is 3.11. The molecular weight excluding hydrogens is 318 g/mol. The molecule has 0 bridgehead atoms. The maximum Gasteiger partial charge on any atom is 0.231 e. The van der Waals surface area contributed by atoms with E-state index in [1.54, 1.807) is 14.2 Å². The molecule has 5 nitrogen and oxygen atoms in total. The van der Waals surface area contributed by atoms with Gasteiger partial charge in [0, 0.05) is 24.7 Å². The largest absolute Gasteiger partial charge is 0.493 e. The standard InChI is InChI=1S/C20H21NO4/c1-22-17-4-3-12-7-16-14-9-19-18(24-11-25-19)8-13(14)5-6-21(16)10-15(12)20(17)23-2/h3-4,8-9,16H,5-7,10-11H2,1-2H3/t16-/m1/s1. The van der Waals surface area contributed by atoms with Crippen LogP contribution in [0.5, 0.6) is 23.0 Å². The predicted molar refractivity (Wildman–Crippen MR) is 92.7 cm³/mol. The van der Waals surface area contributed by atoms with Gasteiger partial charge in [-0.2, -0.15) is 0 Å². The van der Waals surface area contributed by atoms with E-state index < -0.39 is 0 Å². The maximum absolute atomic E-state index is 5.66. The van der Waals surface area contributed by atoms with Gasteiger partial charge < -0.3 is 18.9 Å². The molecule has 3 aliphatic rings. The number of rotatable bonds is 2. The Hall–Kier alpha value is -2.40. The minimum absolute atomic E-state index is 0.326. The molecule has 25 heavy (non-hydrogen) atoms. The van der Waals surface area contributed by atoms with Crippen LogP contribution in [-0.2, 0) is 19.4 Å². The minimum Gasteiger partial charge on any atom is -0.493 e. The van der Waals surface area contributed by atoms with Crippen LogP contribution >= 0.6 is 0 Å². The van der Waals surface area contributed by atoms with Crippen molar-refractivity contribution in [3.8, 4) is 23.0 Å². The third kappa shape index (κ3) is 2.19. The molecule has 0 aromatic heterocycles. The molecule has 0 unspecified atom stereocenters. The van der Waals surface area contributed by atoms with Crippen LogP contribution in [0.4, 0.5) is 0 Å². The summed E-state index contributed by atoms with van der Waals surface area (Å²) in [6, 6.07) is 8.91. The Labute approximate surface area is 147 Å². The van der Waals surface area contributed by atoms with Gasteiger partial charge in [0.25, 0.3) is 0 Å². The first-order chi connectivity index (χ1) is 12.3. The molecular formula is C20H21NO4. The summed E-state index contributed by atoms with van der Waals surface area (Å²) in [5.41, 5.74) is 5.34. The lowest BCUT2D eigenvalue weighted by molar-refractivity contribution is 0.157. The number of methoxy groups -OCH3 is 2. The van der Waals surface area contributed by atoms with Crippen molar-refractivity contribution in [2.45, 2.75) is 25.4 Å². The first kappa shape index (κ1) is 14.9. The predicted octanol–water partition coefficient (Wildman–Crippen LogP) is 3.09. The Morgan fingerprint density at radius 3 is 2.68 bits per heavy atom. The van der Waals surface area contributed by atoms with Gasteiger partial charge in [0.2, 0.25) is 6.79 Å². The summed E-state index contributed by atoms with van der Waals surface area (Å²) in [4.78, 5) is 2.54. The highest BCUT2D eigenvalue weighted by Crippen LogP contribution is 2.46. The Bertz CT molecular complexity index is 848. The van der Waals surface area contributed by atoms with Crippen molar-refractivity contribution in [1.82, 2.24) is 4.90 Å². The van der Waals surface area contributed by atoms with Crippen molar-refractivity contribution < 1.29 is 18.9 Å². The summed E-state index contributed by atoms with van der Waals surface area (Å²) in [6.07, 6.45) is 2.01. The lowest BCUT2D eigenvalue weighted by Gasteiger charge is -2.42. The van der Waals surface area contributed by atoms with Crippen LogP contribution < -0.4 is 18.9 Å². The minimum atomic E-state index is 0.326. The first-order valence-electron chi connectivity index (χ1n) is 8.67. The van der Waals surface area contributed by atoms with E-state index in [0.717, 1.165) is 48.9 Å². The van der Waals surface area contributed by atoms with Gasteiger partial charge in [-0.25, -0.2) is 0 Å². The second-order valence-electron chi connectivity index (χ2n) is 6.78. The zero-order valence-electron chi connectivity index (χ0n) is 14.5. The number of benzene rings is 2. The molecule has 5 heteroatoms.